The van der Waals surface area contributed by atoms with Gasteiger partial charge in [-0.25, -0.2) is 4.98 Å². The molecule has 36 heavy (non-hydrogen) atoms. The molecule has 8 heteroatoms. The van der Waals surface area contributed by atoms with Crippen molar-refractivity contribution in [3.05, 3.63) is 58.6 Å². The van der Waals surface area contributed by atoms with Crippen LogP contribution in [0.3, 0.4) is 0 Å². The second-order valence-corrected chi connectivity index (χ2v) is 10.7. The maximum Gasteiger partial charge on any atom is 0.219 e. The first-order valence-electron chi connectivity index (χ1n) is 12.8. The first-order chi connectivity index (χ1) is 17.5. The fraction of sp³-hybridized carbons (Fsp3) is 0.429. The third kappa shape index (κ3) is 6.98. The van der Waals surface area contributed by atoms with Crippen molar-refractivity contribution >= 4 is 51.3 Å². The molecule has 0 aliphatic heterocycles. The molecule has 1 amide bonds. The van der Waals surface area contributed by atoms with Crippen molar-refractivity contribution in [1.29, 1.82) is 0 Å². The number of nitrogens with zero attached hydrogens (tertiary/aromatic N) is 4. The number of carbonyl (C=O) groups excluding carboxylic acids is 1. The van der Waals surface area contributed by atoms with Crippen molar-refractivity contribution < 1.29 is 4.79 Å². The number of rotatable bonds is 13. The molecule has 2 heterocycles. The summed E-state index contributed by atoms with van der Waals surface area (Å²) in [7, 11) is 0. The van der Waals surface area contributed by atoms with E-state index in [-0.39, 0.29) is 5.91 Å². The summed E-state index contributed by atoms with van der Waals surface area (Å²) in [6.07, 6.45) is 7.05. The highest BCUT2D eigenvalue weighted by molar-refractivity contribution is 7.99. The van der Waals surface area contributed by atoms with Gasteiger partial charge in [0.05, 0.1) is 5.52 Å². The van der Waals surface area contributed by atoms with Crippen LogP contribution in [0.5, 0.6) is 0 Å². The van der Waals surface area contributed by atoms with Crippen LogP contribution in [0.2, 0.25) is 5.02 Å². The Balaban J connectivity index is 1.39. The molecule has 2 aromatic heterocycles. The molecule has 0 saturated heterocycles. The lowest BCUT2D eigenvalue weighted by molar-refractivity contribution is -0.121. The zero-order chi connectivity index (χ0) is 25.3. The van der Waals surface area contributed by atoms with E-state index in [2.05, 4.69) is 58.2 Å². The van der Waals surface area contributed by atoms with Crippen molar-refractivity contribution in [2.45, 2.75) is 70.5 Å². The summed E-state index contributed by atoms with van der Waals surface area (Å²) >= 11 is 7.83. The number of fused-ring (bicyclic) bond motifs is 3. The first kappa shape index (κ1) is 26.4. The standard InChI is InChI=1S/C28H34ClN5OS/c1-3-4-5-7-15-30-25(35)12-6-8-16-36-28-31-27-26(32-33-28)23-17-20(2)13-14-24(23)34(27)19-21-10-9-11-22(29)18-21/h9-11,13-14,17-18H,3-8,12,15-16,19H2,1-2H3,(H,30,35). The number of thioether (sulfide) groups is 1. The number of amides is 1. The van der Waals surface area contributed by atoms with Gasteiger partial charge in [-0.1, -0.05) is 73.3 Å². The average Bonchev–Trinajstić information content (AvgIpc) is 3.15. The van der Waals surface area contributed by atoms with Crippen LogP contribution >= 0.6 is 23.4 Å². The van der Waals surface area contributed by atoms with Crippen molar-refractivity contribution in [2.75, 3.05) is 12.3 Å². The van der Waals surface area contributed by atoms with Gasteiger partial charge in [0, 0.05) is 35.7 Å². The Hall–Kier alpha value is -2.64. The minimum absolute atomic E-state index is 0.150. The van der Waals surface area contributed by atoms with E-state index in [1.807, 2.05) is 18.2 Å². The van der Waals surface area contributed by atoms with E-state index >= 15 is 0 Å². The van der Waals surface area contributed by atoms with E-state index < -0.39 is 0 Å². The Kier molecular flexibility index (Phi) is 9.59. The van der Waals surface area contributed by atoms with Crippen molar-refractivity contribution in [1.82, 2.24) is 25.1 Å². The molecule has 0 saturated carbocycles. The highest BCUT2D eigenvalue weighted by Gasteiger charge is 2.16. The van der Waals surface area contributed by atoms with Gasteiger partial charge in [-0.2, -0.15) is 0 Å². The van der Waals surface area contributed by atoms with E-state index in [9.17, 15) is 4.79 Å². The molecule has 1 N–H and O–H groups in total. The lowest BCUT2D eigenvalue weighted by Crippen LogP contribution is -2.23. The number of hydrogen-bond acceptors (Lipinski definition) is 5. The molecule has 0 atom stereocenters. The minimum Gasteiger partial charge on any atom is -0.356 e. The van der Waals surface area contributed by atoms with Crippen LogP contribution in [0.25, 0.3) is 22.1 Å². The number of unbranched alkanes of at least 4 members (excludes halogenated alkanes) is 4. The van der Waals surface area contributed by atoms with Crippen LogP contribution in [0.1, 0.15) is 63.0 Å². The van der Waals surface area contributed by atoms with Gasteiger partial charge in [-0.15, -0.1) is 10.2 Å². The molecule has 4 rings (SSSR count). The number of carbonyl (C=O) groups is 1. The molecular formula is C28H34ClN5OS. The molecule has 4 aromatic rings. The Bertz CT molecular complexity index is 1320. The van der Waals surface area contributed by atoms with Gasteiger partial charge in [-0.3, -0.25) is 4.79 Å². The number of nitrogens with one attached hydrogen (secondary N) is 1. The molecule has 0 bridgehead atoms. The largest absolute Gasteiger partial charge is 0.356 e. The first-order valence-corrected chi connectivity index (χ1v) is 14.2. The average molecular weight is 524 g/mol. The molecule has 6 nitrogen and oxygen atoms in total. The minimum atomic E-state index is 0.150. The number of halogens is 1. The van der Waals surface area contributed by atoms with Crippen molar-refractivity contribution in [3.63, 3.8) is 0 Å². The fourth-order valence-electron chi connectivity index (χ4n) is 4.31. The molecular weight excluding hydrogens is 490 g/mol. The predicted octanol–water partition coefficient (Wildman–Crippen LogP) is 6.95. The SMILES string of the molecule is CCCCCCNC(=O)CCCCSc1nnc2c3cc(C)ccc3n(Cc3cccc(Cl)c3)c2n1. The monoisotopic (exact) mass is 523 g/mol. The third-order valence-corrected chi connectivity index (χ3v) is 7.37. The van der Waals surface area contributed by atoms with Gasteiger partial charge >= 0.3 is 0 Å². The second-order valence-electron chi connectivity index (χ2n) is 9.22. The molecule has 0 aliphatic rings. The quantitative estimate of drug-likeness (QED) is 0.152. The lowest BCUT2D eigenvalue weighted by atomic mass is 10.1. The number of aryl methyl sites for hydroxylation is 1. The summed E-state index contributed by atoms with van der Waals surface area (Å²) < 4.78 is 2.19. The van der Waals surface area contributed by atoms with Gasteiger partial charge in [0.15, 0.2) is 5.65 Å². The summed E-state index contributed by atoms with van der Waals surface area (Å²) in [4.78, 5) is 16.9. The van der Waals surface area contributed by atoms with Gasteiger partial charge in [-0.05, 0) is 56.0 Å². The Morgan fingerprint density at radius 3 is 2.78 bits per heavy atom. The molecule has 0 fully saturated rings. The maximum absolute atomic E-state index is 12.0. The predicted molar refractivity (Wildman–Crippen MR) is 150 cm³/mol. The molecule has 2 aromatic carbocycles. The van der Waals surface area contributed by atoms with Gasteiger partial charge in [0.2, 0.25) is 11.1 Å². The normalized spacial score (nSPS) is 11.4. The van der Waals surface area contributed by atoms with E-state index in [1.54, 1.807) is 11.8 Å². The van der Waals surface area contributed by atoms with E-state index in [0.717, 1.165) is 64.2 Å². The van der Waals surface area contributed by atoms with Crippen molar-refractivity contribution in [3.8, 4) is 0 Å². The molecule has 0 aliphatic carbocycles. The number of aromatic nitrogens is 4. The van der Waals surface area contributed by atoms with Gasteiger partial charge < -0.3 is 9.88 Å². The fourth-order valence-corrected chi connectivity index (χ4v) is 5.31. The van der Waals surface area contributed by atoms with Crippen LogP contribution in [0.4, 0.5) is 0 Å². The highest BCUT2D eigenvalue weighted by Crippen LogP contribution is 2.29. The Morgan fingerprint density at radius 2 is 1.94 bits per heavy atom. The van der Waals surface area contributed by atoms with Crippen LogP contribution < -0.4 is 5.32 Å². The van der Waals surface area contributed by atoms with E-state index in [1.165, 1.54) is 24.8 Å². The summed E-state index contributed by atoms with van der Waals surface area (Å²) in [5, 5.41) is 14.4. The molecule has 0 unspecified atom stereocenters. The maximum atomic E-state index is 12.0. The zero-order valence-corrected chi connectivity index (χ0v) is 22.7. The summed E-state index contributed by atoms with van der Waals surface area (Å²) in [6.45, 7) is 5.71. The van der Waals surface area contributed by atoms with Gasteiger partial charge in [0.25, 0.3) is 0 Å². The lowest BCUT2D eigenvalue weighted by Gasteiger charge is -2.08. The Morgan fingerprint density at radius 1 is 1.06 bits per heavy atom. The third-order valence-electron chi connectivity index (χ3n) is 6.21. The molecule has 190 valence electrons. The number of hydrogen-bond donors (Lipinski definition) is 1. The van der Waals surface area contributed by atoms with E-state index in [4.69, 9.17) is 16.6 Å². The number of benzene rings is 2. The molecule has 0 spiro atoms. The summed E-state index contributed by atoms with van der Waals surface area (Å²) in [5.74, 6) is 1.00. The zero-order valence-electron chi connectivity index (χ0n) is 21.1. The molecule has 0 radical (unpaired) electrons. The summed E-state index contributed by atoms with van der Waals surface area (Å²) in [5.41, 5.74) is 5.01. The van der Waals surface area contributed by atoms with E-state index in [0.29, 0.717) is 18.1 Å². The summed E-state index contributed by atoms with van der Waals surface area (Å²) in [6, 6.07) is 14.3. The van der Waals surface area contributed by atoms with Gasteiger partial charge in [0.1, 0.15) is 5.52 Å². The van der Waals surface area contributed by atoms with Crippen LogP contribution in [0, 0.1) is 6.92 Å². The smallest absolute Gasteiger partial charge is 0.219 e. The second kappa shape index (κ2) is 13.1. The van der Waals surface area contributed by atoms with Crippen LogP contribution in [-0.4, -0.2) is 38.0 Å². The van der Waals surface area contributed by atoms with Crippen molar-refractivity contribution in [2.24, 2.45) is 0 Å². The van der Waals surface area contributed by atoms with Crippen LogP contribution in [0.15, 0.2) is 47.6 Å². The topological polar surface area (TPSA) is 72.7 Å². The highest BCUT2D eigenvalue weighted by atomic mass is 35.5. The van der Waals surface area contributed by atoms with Crippen LogP contribution in [-0.2, 0) is 11.3 Å². The Labute approximate surface area is 222 Å².